The minimum atomic E-state index is -0.316. The zero-order chi connectivity index (χ0) is 23.8. The number of halogens is 1. The molecular weight excluding hydrogens is 435 g/mol. The average Bonchev–Trinajstić information content (AvgIpc) is 3.62. The summed E-state index contributed by atoms with van der Waals surface area (Å²) in [5, 5.41) is 0. The number of ether oxygens (including phenoxy) is 1. The number of carbonyl (C=O) groups excluding carboxylic acids is 2. The fourth-order valence-electron chi connectivity index (χ4n) is 4.97. The molecular formula is C27H35FN2O4. The Labute approximate surface area is 201 Å². The molecule has 1 saturated heterocycles. The number of hydrogen-bond acceptors (Lipinski definition) is 4. The van der Waals surface area contributed by atoms with E-state index in [1.54, 1.807) is 34.3 Å². The van der Waals surface area contributed by atoms with E-state index >= 15 is 0 Å². The standard InChI is InChI=1S/C27H35FN2O4/c28-23-12-9-22(10-13-23)17-29(18-24-7-3-15-33-24)27(32)20-30(19-25-8-4-16-34-25)26(31)14-11-21-5-1-2-6-21/h3,7,9-10,12-13,15,21,25H,1-2,4-6,8,11,14,16-20H2. The van der Waals surface area contributed by atoms with Crippen LogP contribution < -0.4 is 0 Å². The molecule has 2 aromatic rings. The van der Waals surface area contributed by atoms with Gasteiger partial charge in [0.2, 0.25) is 11.8 Å². The molecule has 1 aliphatic heterocycles. The Morgan fingerprint density at radius 1 is 0.941 bits per heavy atom. The van der Waals surface area contributed by atoms with Gasteiger partial charge in [-0.2, -0.15) is 0 Å². The molecule has 0 radical (unpaired) electrons. The molecule has 1 atom stereocenters. The second-order valence-corrected chi connectivity index (χ2v) is 9.55. The molecule has 0 spiro atoms. The van der Waals surface area contributed by atoms with Crippen LogP contribution >= 0.6 is 0 Å². The lowest BCUT2D eigenvalue weighted by Gasteiger charge is -2.29. The molecule has 1 aromatic heterocycles. The van der Waals surface area contributed by atoms with E-state index in [0.717, 1.165) is 24.8 Å². The first kappa shape index (κ1) is 24.5. The maximum atomic E-state index is 13.5. The monoisotopic (exact) mass is 470 g/mol. The summed E-state index contributed by atoms with van der Waals surface area (Å²) in [7, 11) is 0. The van der Waals surface area contributed by atoms with Crippen molar-refractivity contribution < 1.29 is 23.1 Å². The quantitative estimate of drug-likeness (QED) is 0.467. The van der Waals surface area contributed by atoms with E-state index in [4.69, 9.17) is 9.15 Å². The number of nitrogens with zero attached hydrogens (tertiary/aromatic N) is 2. The summed E-state index contributed by atoms with van der Waals surface area (Å²) in [6.07, 6.45) is 9.72. The normalized spacial score (nSPS) is 18.3. The molecule has 2 heterocycles. The lowest BCUT2D eigenvalue weighted by Crippen LogP contribution is -2.45. The largest absolute Gasteiger partial charge is 0.467 e. The molecule has 34 heavy (non-hydrogen) atoms. The highest BCUT2D eigenvalue weighted by molar-refractivity contribution is 5.85. The highest BCUT2D eigenvalue weighted by Crippen LogP contribution is 2.29. The van der Waals surface area contributed by atoms with E-state index in [-0.39, 0.29) is 36.8 Å². The third kappa shape index (κ3) is 7.16. The average molecular weight is 471 g/mol. The molecule has 2 aliphatic rings. The summed E-state index contributed by atoms with van der Waals surface area (Å²) in [5.74, 6) is 0.832. The predicted octanol–water partition coefficient (Wildman–Crippen LogP) is 4.93. The molecule has 1 saturated carbocycles. The van der Waals surface area contributed by atoms with Crippen LogP contribution in [-0.4, -0.2) is 47.4 Å². The third-order valence-electron chi connectivity index (χ3n) is 6.93. The summed E-state index contributed by atoms with van der Waals surface area (Å²) in [6, 6.07) is 9.74. The molecule has 2 amide bonds. The Morgan fingerprint density at radius 3 is 2.41 bits per heavy atom. The molecule has 6 nitrogen and oxygen atoms in total. The van der Waals surface area contributed by atoms with Crippen molar-refractivity contribution in [1.29, 1.82) is 0 Å². The van der Waals surface area contributed by atoms with Crippen LogP contribution in [0.25, 0.3) is 0 Å². The van der Waals surface area contributed by atoms with Crippen LogP contribution in [0.2, 0.25) is 0 Å². The van der Waals surface area contributed by atoms with E-state index < -0.39 is 0 Å². The zero-order valence-corrected chi connectivity index (χ0v) is 19.8. The Bertz CT molecular complexity index is 903. The lowest BCUT2D eigenvalue weighted by molar-refractivity contribution is -0.142. The summed E-state index contributed by atoms with van der Waals surface area (Å²) >= 11 is 0. The Kier molecular flexibility index (Phi) is 8.74. The van der Waals surface area contributed by atoms with Crippen molar-refractivity contribution in [3.8, 4) is 0 Å². The highest BCUT2D eigenvalue weighted by Gasteiger charge is 2.27. The van der Waals surface area contributed by atoms with E-state index in [0.29, 0.717) is 37.8 Å². The number of carbonyl (C=O) groups is 2. The summed E-state index contributed by atoms with van der Waals surface area (Å²) in [4.78, 5) is 30.0. The lowest BCUT2D eigenvalue weighted by atomic mass is 10.0. The minimum absolute atomic E-state index is 0.00522. The number of hydrogen-bond donors (Lipinski definition) is 0. The third-order valence-corrected chi connectivity index (χ3v) is 6.93. The fraction of sp³-hybridized carbons (Fsp3) is 0.556. The van der Waals surface area contributed by atoms with Crippen molar-refractivity contribution in [2.45, 2.75) is 70.6 Å². The van der Waals surface area contributed by atoms with Crippen molar-refractivity contribution in [3.63, 3.8) is 0 Å². The van der Waals surface area contributed by atoms with Crippen LogP contribution in [0.4, 0.5) is 4.39 Å². The number of rotatable bonds is 11. The van der Waals surface area contributed by atoms with Gasteiger partial charge in [0.15, 0.2) is 0 Å². The SMILES string of the molecule is O=C(CN(CC1CCCO1)C(=O)CCC1CCCC1)N(Cc1ccc(F)cc1)Cc1ccco1. The van der Waals surface area contributed by atoms with Crippen LogP contribution in [-0.2, 0) is 27.4 Å². The molecule has 1 aliphatic carbocycles. The summed E-state index contributed by atoms with van der Waals surface area (Å²) in [6.45, 7) is 1.75. The Morgan fingerprint density at radius 2 is 1.74 bits per heavy atom. The maximum absolute atomic E-state index is 13.5. The molecule has 1 aromatic carbocycles. The van der Waals surface area contributed by atoms with Gasteiger partial charge in [-0.3, -0.25) is 9.59 Å². The molecule has 2 fully saturated rings. The summed E-state index contributed by atoms with van der Waals surface area (Å²) < 4.78 is 24.6. The van der Waals surface area contributed by atoms with E-state index in [1.807, 2.05) is 6.07 Å². The predicted molar refractivity (Wildman–Crippen MR) is 126 cm³/mol. The van der Waals surface area contributed by atoms with E-state index in [1.165, 1.54) is 37.8 Å². The van der Waals surface area contributed by atoms with Gasteiger partial charge in [-0.25, -0.2) is 4.39 Å². The molecule has 1 unspecified atom stereocenters. The van der Waals surface area contributed by atoms with E-state index in [9.17, 15) is 14.0 Å². The van der Waals surface area contributed by atoms with Crippen molar-refractivity contribution in [3.05, 3.63) is 59.8 Å². The molecule has 184 valence electrons. The number of benzene rings is 1. The second-order valence-electron chi connectivity index (χ2n) is 9.55. The van der Waals surface area contributed by atoms with Crippen LogP contribution in [0.3, 0.4) is 0 Å². The smallest absolute Gasteiger partial charge is 0.242 e. The Balaban J connectivity index is 1.44. The van der Waals surface area contributed by atoms with Gasteiger partial charge in [-0.1, -0.05) is 37.8 Å². The van der Waals surface area contributed by atoms with Gasteiger partial charge in [-0.05, 0) is 55.0 Å². The van der Waals surface area contributed by atoms with Gasteiger partial charge in [0.25, 0.3) is 0 Å². The highest BCUT2D eigenvalue weighted by atomic mass is 19.1. The van der Waals surface area contributed by atoms with Crippen molar-refractivity contribution in [2.75, 3.05) is 19.7 Å². The maximum Gasteiger partial charge on any atom is 0.242 e. The van der Waals surface area contributed by atoms with Crippen molar-refractivity contribution in [1.82, 2.24) is 9.80 Å². The van der Waals surface area contributed by atoms with Crippen molar-refractivity contribution >= 4 is 11.8 Å². The first-order valence-electron chi connectivity index (χ1n) is 12.5. The van der Waals surface area contributed by atoms with Crippen LogP contribution in [0.1, 0.15) is 62.7 Å². The number of amides is 2. The summed E-state index contributed by atoms with van der Waals surface area (Å²) in [5.41, 5.74) is 0.819. The van der Waals surface area contributed by atoms with Crippen molar-refractivity contribution in [2.24, 2.45) is 5.92 Å². The van der Waals surface area contributed by atoms with Gasteiger partial charge >= 0.3 is 0 Å². The first-order valence-corrected chi connectivity index (χ1v) is 12.5. The number of furan rings is 1. The van der Waals surface area contributed by atoms with Gasteiger partial charge in [-0.15, -0.1) is 0 Å². The second kappa shape index (κ2) is 12.2. The first-order chi connectivity index (χ1) is 16.6. The van der Waals surface area contributed by atoms with Gasteiger partial charge < -0.3 is 19.0 Å². The van der Waals surface area contributed by atoms with Crippen LogP contribution in [0.5, 0.6) is 0 Å². The van der Waals surface area contributed by atoms with Gasteiger partial charge in [0, 0.05) is 26.1 Å². The van der Waals surface area contributed by atoms with Crippen LogP contribution in [0, 0.1) is 11.7 Å². The van der Waals surface area contributed by atoms with E-state index in [2.05, 4.69) is 0 Å². The molecule has 4 rings (SSSR count). The molecule has 7 heteroatoms. The van der Waals surface area contributed by atoms with Crippen LogP contribution in [0.15, 0.2) is 47.1 Å². The molecule has 0 N–H and O–H groups in total. The fourth-order valence-corrected chi connectivity index (χ4v) is 4.97. The van der Waals surface area contributed by atoms with Gasteiger partial charge in [0.05, 0.1) is 25.5 Å². The zero-order valence-electron chi connectivity index (χ0n) is 19.8. The topological polar surface area (TPSA) is 63.0 Å². The van der Waals surface area contributed by atoms with Gasteiger partial charge in [0.1, 0.15) is 11.6 Å². The Hall–Kier alpha value is -2.67. The molecule has 0 bridgehead atoms. The minimum Gasteiger partial charge on any atom is -0.467 e.